The molecule has 0 aliphatic rings. The number of hydrazine groups is 1. The van der Waals surface area contributed by atoms with E-state index in [0.717, 1.165) is 6.08 Å². The van der Waals surface area contributed by atoms with Crippen molar-refractivity contribution in [1.82, 2.24) is 10.4 Å². The topological polar surface area (TPSA) is 66.5 Å². The van der Waals surface area contributed by atoms with Crippen molar-refractivity contribution in [2.45, 2.75) is 6.18 Å². The lowest BCUT2D eigenvalue weighted by molar-refractivity contribution is -0.179. The zero-order valence-electron chi connectivity index (χ0n) is 10.6. The Bertz CT molecular complexity index is 541. The smallest absolute Gasteiger partial charge is 0.301 e. The summed E-state index contributed by atoms with van der Waals surface area (Å²) in [7, 11) is 0. The SMILES string of the molecule is O=CCN(NC(=O)C(F)(F)F)C(=O)/C=C/c1ccccc1. The van der Waals surface area contributed by atoms with Crippen molar-refractivity contribution in [3.8, 4) is 0 Å². The van der Waals surface area contributed by atoms with Crippen molar-refractivity contribution in [2.24, 2.45) is 0 Å². The van der Waals surface area contributed by atoms with E-state index in [4.69, 9.17) is 0 Å². The third-order valence-corrected chi connectivity index (χ3v) is 2.24. The molecule has 1 rings (SSSR count). The average Bonchev–Trinajstić information content (AvgIpc) is 2.44. The lowest BCUT2D eigenvalue weighted by atomic mass is 10.2. The molecule has 1 aromatic carbocycles. The minimum atomic E-state index is -5.15. The molecule has 1 N–H and O–H groups in total. The predicted octanol–water partition coefficient (Wildman–Crippen LogP) is 1.32. The van der Waals surface area contributed by atoms with Crippen molar-refractivity contribution >= 4 is 24.2 Å². The second-order valence-electron chi connectivity index (χ2n) is 3.80. The van der Waals surface area contributed by atoms with Gasteiger partial charge >= 0.3 is 12.1 Å². The lowest BCUT2D eigenvalue weighted by Crippen LogP contribution is -2.51. The highest BCUT2D eigenvalue weighted by Gasteiger charge is 2.40. The summed E-state index contributed by atoms with van der Waals surface area (Å²) >= 11 is 0. The second-order valence-corrected chi connectivity index (χ2v) is 3.80. The Morgan fingerprint density at radius 2 is 1.81 bits per heavy atom. The Morgan fingerprint density at radius 3 is 2.33 bits per heavy atom. The molecule has 1 aromatic rings. The molecule has 0 heterocycles. The molecule has 0 aliphatic heterocycles. The summed E-state index contributed by atoms with van der Waals surface area (Å²) in [4.78, 5) is 32.8. The van der Waals surface area contributed by atoms with Gasteiger partial charge in [0.25, 0.3) is 5.91 Å². The second kappa shape index (κ2) is 7.22. The molecule has 112 valence electrons. The van der Waals surface area contributed by atoms with E-state index in [0.29, 0.717) is 5.56 Å². The first-order valence-electron chi connectivity index (χ1n) is 5.70. The molecule has 0 saturated carbocycles. The first-order chi connectivity index (χ1) is 9.84. The van der Waals surface area contributed by atoms with E-state index in [1.54, 1.807) is 30.3 Å². The summed E-state index contributed by atoms with van der Waals surface area (Å²) in [5.41, 5.74) is 1.97. The number of benzene rings is 1. The fourth-order valence-corrected chi connectivity index (χ4v) is 1.27. The van der Waals surface area contributed by atoms with Crippen LogP contribution in [0.1, 0.15) is 5.56 Å². The number of halogens is 3. The molecular formula is C13H11F3N2O3. The van der Waals surface area contributed by atoms with Crippen LogP contribution in [-0.2, 0) is 14.4 Å². The summed E-state index contributed by atoms with van der Waals surface area (Å²) in [5.74, 6) is -3.28. The predicted molar refractivity (Wildman–Crippen MR) is 67.5 cm³/mol. The highest BCUT2D eigenvalue weighted by atomic mass is 19.4. The Labute approximate surface area is 118 Å². The lowest BCUT2D eigenvalue weighted by Gasteiger charge is -2.20. The van der Waals surface area contributed by atoms with Gasteiger partial charge in [0.2, 0.25) is 0 Å². The fraction of sp³-hybridized carbons (Fsp3) is 0.154. The third kappa shape index (κ3) is 5.47. The first-order valence-corrected chi connectivity index (χ1v) is 5.70. The van der Waals surface area contributed by atoms with Crippen LogP contribution in [0.5, 0.6) is 0 Å². The van der Waals surface area contributed by atoms with Crippen molar-refractivity contribution < 1.29 is 27.6 Å². The Balaban J connectivity index is 2.76. The average molecular weight is 300 g/mol. The van der Waals surface area contributed by atoms with E-state index in [2.05, 4.69) is 0 Å². The summed E-state index contributed by atoms with van der Waals surface area (Å²) in [6, 6.07) is 8.50. The number of amides is 2. The van der Waals surface area contributed by atoms with Crippen LogP contribution in [0.4, 0.5) is 13.2 Å². The zero-order chi connectivity index (χ0) is 15.9. The number of aldehydes is 1. The Kier molecular flexibility index (Phi) is 5.65. The molecule has 0 aliphatic carbocycles. The zero-order valence-corrected chi connectivity index (χ0v) is 10.6. The number of alkyl halides is 3. The van der Waals surface area contributed by atoms with Gasteiger partial charge in [0.1, 0.15) is 6.29 Å². The molecule has 0 saturated heterocycles. The summed E-state index contributed by atoms with van der Waals surface area (Å²) in [5, 5.41) is 0.280. The van der Waals surface area contributed by atoms with Crippen LogP contribution in [0, 0.1) is 0 Å². The van der Waals surface area contributed by atoms with Crippen molar-refractivity contribution in [1.29, 1.82) is 0 Å². The molecule has 5 nitrogen and oxygen atoms in total. The minimum absolute atomic E-state index is 0.199. The van der Waals surface area contributed by atoms with E-state index >= 15 is 0 Å². The van der Waals surface area contributed by atoms with Gasteiger partial charge in [0.15, 0.2) is 0 Å². The van der Waals surface area contributed by atoms with E-state index < -0.39 is 24.5 Å². The summed E-state index contributed by atoms with van der Waals surface area (Å²) < 4.78 is 36.3. The quantitative estimate of drug-likeness (QED) is 0.518. The largest absolute Gasteiger partial charge is 0.472 e. The molecule has 0 fully saturated rings. The van der Waals surface area contributed by atoms with Crippen molar-refractivity contribution in [3.63, 3.8) is 0 Å². The first kappa shape index (κ1) is 16.4. The number of nitrogens with one attached hydrogen (secondary N) is 1. The monoisotopic (exact) mass is 300 g/mol. The van der Waals surface area contributed by atoms with Gasteiger partial charge in [-0.1, -0.05) is 30.3 Å². The maximum Gasteiger partial charge on any atom is 0.472 e. The van der Waals surface area contributed by atoms with Gasteiger partial charge in [0, 0.05) is 6.08 Å². The summed E-state index contributed by atoms with van der Waals surface area (Å²) in [6.45, 7) is -0.695. The van der Waals surface area contributed by atoms with Crippen LogP contribution in [-0.4, -0.2) is 35.8 Å². The molecule has 0 aromatic heterocycles. The van der Waals surface area contributed by atoms with Crippen LogP contribution in [0.25, 0.3) is 6.08 Å². The highest BCUT2D eigenvalue weighted by molar-refractivity contribution is 5.94. The number of hydrogen-bond acceptors (Lipinski definition) is 3. The standard InChI is InChI=1S/C13H11F3N2O3/c14-13(15,16)12(21)17-18(8-9-19)11(20)7-6-10-4-2-1-3-5-10/h1-7,9H,8H2,(H,17,21)/b7-6+. The van der Waals surface area contributed by atoms with Gasteiger partial charge in [-0.2, -0.15) is 13.2 Å². The van der Waals surface area contributed by atoms with Crippen LogP contribution >= 0.6 is 0 Å². The van der Waals surface area contributed by atoms with E-state index in [9.17, 15) is 27.6 Å². The molecule has 0 spiro atoms. The number of nitrogens with zero attached hydrogens (tertiary/aromatic N) is 1. The highest BCUT2D eigenvalue weighted by Crippen LogP contribution is 2.14. The van der Waals surface area contributed by atoms with Gasteiger partial charge in [-0.3, -0.25) is 15.0 Å². The van der Waals surface area contributed by atoms with Gasteiger partial charge < -0.3 is 4.79 Å². The Hall–Kier alpha value is -2.64. The number of rotatable bonds is 4. The van der Waals surface area contributed by atoms with Crippen molar-refractivity contribution in [3.05, 3.63) is 42.0 Å². The minimum Gasteiger partial charge on any atom is -0.301 e. The molecule has 8 heteroatoms. The van der Waals surface area contributed by atoms with Crippen LogP contribution < -0.4 is 5.43 Å². The van der Waals surface area contributed by atoms with E-state index in [1.165, 1.54) is 11.5 Å². The fourth-order valence-electron chi connectivity index (χ4n) is 1.27. The molecule has 0 radical (unpaired) electrons. The van der Waals surface area contributed by atoms with Crippen LogP contribution in [0.2, 0.25) is 0 Å². The van der Waals surface area contributed by atoms with Crippen LogP contribution in [0.3, 0.4) is 0 Å². The molecule has 21 heavy (non-hydrogen) atoms. The van der Waals surface area contributed by atoms with E-state index in [1.807, 2.05) is 0 Å². The normalized spacial score (nSPS) is 11.2. The molecule has 0 unspecified atom stereocenters. The number of hydrogen-bond donors (Lipinski definition) is 1. The molecule has 0 atom stereocenters. The maximum absolute atomic E-state index is 12.1. The Morgan fingerprint density at radius 1 is 1.19 bits per heavy atom. The number of carbonyl (C=O) groups excluding carboxylic acids is 3. The molecule has 2 amide bonds. The van der Waals surface area contributed by atoms with Crippen LogP contribution in [0.15, 0.2) is 36.4 Å². The molecular weight excluding hydrogens is 289 g/mol. The van der Waals surface area contributed by atoms with Gasteiger partial charge in [0.05, 0.1) is 6.54 Å². The van der Waals surface area contributed by atoms with E-state index in [-0.39, 0.29) is 11.3 Å². The maximum atomic E-state index is 12.1. The van der Waals surface area contributed by atoms with Gasteiger partial charge in [-0.05, 0) is 11.6 Å². The van der Waals surface area contributed by atoms with Gasteiger partial charge in [-0.15, -0.1) is 0 Å². The number of carbonyl (C=O) groups is 3. The summed E-state index contributed by atoms with van der Waals surface area (Å²) in [6.07, 6.45) is -2.65. The molecule has 0 bridgehead atoms. The van der Waals surface area contributed by atoms with Gasteiger partial charge in [-0.25, -0.2) is 5.01 Å². The van der Waals surface area contributed by atoms with Crippen molar-refractivity contribution in [2.75, 3.05) is 6.54 Å². The third-order valence-electron chi connectivity index (χ3n) is 2.24.